The van der Waals surface area contributed by atoms with Crippen LogP contribution >= 0.6 is 0 Å². The Labute approximate surface area is 139 Å². The number of imidazole rings is 1. The fourth-order valence-electron chi connectivity index (χ4n) is 2.68. The van der Waals surface area contributed by atoms with E-state index in [1.165, 1.54) is 9.96 Å². The third-order valence-electron chi connectivity index (χ3n) is 3.73. The molecule has 7 nitrogen and oxygen atoms in total. The molecule has 0 amide bonds. The summed E-state index contributed by atoms with van der Waals surface area (Å²) in [6.07, 6.45) is 1.64. The molecule has 124 valence electrons. The topological polar surface area (TPSA) is 75.7 Å². The van der Waals surface area contributed by atoms with Gasteiger partial charge >= 0.3 is 5.82 Å². The highest BCUT2D eigenvalue weighted by atomic mass is 16.6. The summed E-state index contributed by atoms with van der Waals surface area (Å²) >= 11 is 0. The van der Waals surface area contributed by atoms with Gasteiger partial charge in [-0.15, -0.1) is 0 Å². The van der Waals surface area contributed by atoms with Crippen molar-refractivity contribution in [3.63, 3.8) is 0 Å². The van der Waals surface area contributed by atoms with Crippen molar-refractivity contribution >= 4 is 17.3 Å². The van der Waals surface area contributed by atoms with E-state index in [9.17, 15) is 10.1 Å². The van der Waals surface area contributed by atoms with Gasteiger partial charge in [0.2, 0.25) is 11.5 Å². The Kier molecular flexibility index (Phi) is 4.43. The summed E-state index contributed by atoms with van der Waals surface area (Å²) in [7, 11) is 4.02. The lowest BCUT2D eigenvalue weighted by molar-refractivity contribution is -0.389. The summed E-state index contributed by atoms with van der Waals surface area (Å²) in [5.41, 5.74) is 2.83. The van der Waals surface area contributed by atoms with Crippen molar-refractivity contribution in [1.29, 1.82) is 0 Å². The lowest BCUT2D eigenvalue weighted by Gasteiger charge is -2.14. The van der Waals surface area contributed by atoms with Gasteiger partial charge in [0.15, 0.2) is 0 Å². The van der Waals surface area contributed by atoms with Crippen molar-refractivity contribution in [2.75, 3.05) is 19.4 Å². The van der Waals surface area contributed by atoms with Gasteiger partial charge in [-0.25, -0.2) is 0 Å². The molecule has 0 aliphatic heterocycles. The molecule has 3 rings (SSSR count). The van der Waals surface area contributed by atoms with Gasteiger partial charge in [0.25, 0.3) is 0 Å². The van der Waals surface area contributed by atoms with Crippen molar-refractivity contribution in [1.82, 2.24) is 14.3 Å². The molecule has 0 bridgehead atoms. The predicted molar refractivity (Wildman–Crippen MR) is 93.0 cm³/mol. The van der Waals surface area contributed by atoms with Crippen LogP contribution in [0.3, 0.4) is 0 Å². The number of rotatable bonds is 6. The van der Waals surface area contributed by atoms with Crippen LogP contribution in [0.5, 0.6) is 0 Å². The van der Waals surface area contributed by atoms with Crippen molar-refractivity contribution < 1.29 is 4.92 Å². The number of anilines is 1. The summed E-state index contributed by atoms with van der Waals surface area (Å²) in [5.74, 6) is 0.238. The average Bonchev–Trinajstić information content (AvgIpc) is 2.92. The van der Waals surface area contributed by atoms with E-state index < -0.39 is 4.92 Å². The van der Waals surface area contributed by atoms with E-state index in [-0.39, 0.29) is 11.6 Å². The van der Waals surface area contributed by atoms with Crippen LogP contribution in [-0.2, 0) is 13.1 Å². The number of nitrogens with zero attached hydrogens (tertiary/aromatic N) is 4. The number of hydrogen-bond acceptors (Lipinski definition) is 5. The number of aromatic nitrogens is 2. The molecule has 0 saturated carbocycles. The molecule has 1 N–H and O–H groups in total. The van der Waals surface area contributed by atoms with Crippen LogP contribution in [0, 0.1) is 10.1 Å². The van der Waals surface area contributed by atoms with Crippen molar-refractivity contribution in [2.24, 2.45) is 0 Å². The molecule has 0 aliphatic rings. The summed E-state index contributed by atoms with van der Waals surface area (Å²) < 4.78 is 1.48. The molecule has 0 spiro atoms. The van der Waals surface area contributed by atoms with Crippen molar-refractivity contribution in [3.8, 4) is 0 Å². The molecular weight excluding hydrogens is 306 g/mol. The van der Waals surface area contributed by atoms with Gasteiger partial charge in [0, 0.05) is 19.2 Å². The van der Waals surface area contributed by atoms with Crippen LogP contribution in [0.15, 0.2) is 48.7 Å². The lowest BCUT2D eigenvalue weighted by Crippen LogP contribution is -2.13. The molecule has 1 aromatic carbocycles. The Hall–Kier alpha value is -2.93. The summed E-state index contributed by atoms with van der Waals surface area (Å²) in [5, 5.41) is 14.5. The van der Waals surface area contributed by atoms with Gasteiger partial charge in [-0.3, -0.25) is 0 Å². The van der Waals surface area contributed by atoms with Gasteiger partial charge in [0.1, 0.15) is 0 Å². The maximum atomic E-state index is 11.4. The number of fused-ring (bicyclic) bond motifs is 1. The Morgan fingerprint density at radius 2 is 1.88 bits per heavy atom. The maximum absolute atomic E-state index is 11.4. The molecule has 0 saturated heterocycles. The van der Waals surface area contributed by atoms with Crippen molar-refractivity contribution in [2.45, 2.75) is 13.1 Å². The first-order valence-corrected chi connectivity index (χ1v) is 7.63. The van der Waals surface area contributed by atoms with Crippen molar-refractivity contribution in [3.05, 3.63) is 69.9 Å². The molecule has 24 heavy (non-hydrogen) atoms. The van der Waals surface area contributed by atoms with Crippen LogP contribution in [0.1, 0.15) is 11.1 Å². The third kappa shape index (κ3) is 3.21. The molecule has 2 aromatic heterocycles. The normalized spacial score (nSPS) is 11.1. The molecule has 0 fully saturated rings. The first-order chi connectivity index (χ1) is 11.6. The summed E-state index contributed by atoms with van der Waals surface area (Å²) in [4.78, 5) is 17.4. The molecule has 3 aromatic rings. The Morgan fingerprint density at radius 3 is 2.58 bits per heavy atom. The van der Waals surface area contributed by atoms with Gasteiger partial charge < -0.3 is 20.3 Å². The van der Waals surface area contributed by atoms with Gasteiger partial charge in [-0.05, 0) is 36.2 Å². The Balaban J connectivity index is 1.89. The third-order valence-corrected chi connectivity index (χ3v) is 3.73. The second-order valence-electron chi connectivity index (χ2n) is 5.83. The van der Waals surface area contributed by atoms with Crippen LogP contribution in [0.4, 0.5) is 11.6 Å². The first-order valence-electron chi connectivity index (χ1n) is 7.63. The van der Waals surface area contributed by atoms with E-state index in [0.29, 0.717) is 12.2 Å². The van der Waals surface area contributed by atoms with Crippen LogP contribution in [0.25, 0.3) is 5.65 Å². The quantitative estimate of drug-likeness (QED) is 0.557. The molecule has 0 atom stereocenters. The molecule has 0 aliphatic carbocycles. The molecule has 0 unspecified atom stereocenters. The van der Waals surface area contributed by atoms with E-state index >= 15 is 0 Å². The zero-order valence-electron chi connectivity index (χ0n) is 13.6. The Morgan fingerprint density at radius 1 is 1.17 bits per heavy atom. The van der Waals surface area contributed by atoms with Crippen LogP contribution in [0.2, 0.25) is 0 Å². The number of benzene rings is 1. The highest BCUT2D eigenvalue weighted by Crippen LogP contribution is 2.26. The predicted octanol–water partition coefficient (Wildman–Crippen LogP) is 2.92. The van der Waals surface area contributed by atoms with E-state index in [1.54, 1.807) is 18.3 Å². The molecular formula is C17H19N5O2. The maximum Gasteiger partial charge on any atom is 0.372 e. The lowest BCUT2D eigenvalue weighted by atomic mass is 10.1. The van der Waals surface area contributed by atoms with Crippen LogP contribution < -0.4 is 5.32 Å². The Bertz CT molecular complexity index is 872. The standard InChI is InChI=1S/C17H19N5O2/c1-20(2)12-14-8-4-3-7-13(14)11-18-16-17(22(23)24)21-10-6-5-9-15(21)19-16/h3-10,18H,11-12H2,1-2H3. The monoisotopic (exact) mass is 325 g/mol. The number of hydrogen-bond donors (Lipinski definition) is 1. The highest BCUT2D eigenvalue weighted by molar-refractivity contribution is 5.62. The largest absolute Gasteiger partial charge is 0.372 e. The highest BCUT2D eigenvalue weighted by Gasteiger charge is 2.22. The summed E-state index contributed by atoms with van der Waals surface area (Å²) in [6, 6.07) is 13.4. The SMILES string of the molecule is CN(C)Cc1ccccc1CNc1nc2ccccn2c1[N+](=O)[O-]. The first kappa shape index (κ1) is 15.9. The second-order valence-corrected chi connectivity index (χ2v) is 5.83. The van der Waals surface area contributed by atoms with E-state index in [4.69, 9.17) is 0 Å². The number of nitro groups is 1. The minimum absolute atomic E-state index is 0.0457. The smallest absolute Gasteiger partial charge is 0.359 e. The fraction of sp³-hybridized carbons (Fsp3) is 0.235. The van der Waals surface area contributed by atoms with Crippen LogP contribution in [-0.4, -0.2) is 33.3 Å². The van der Waals surface area contributed by atoms with E-state index in [2.05, 4.69) is 21.3 Å². The van der Waals surface area contributed by atoms with E-state index in [1.807, 2.05) is 38.4 Å². The number of nitrogens with one attached hydrogen (secondary N) is 1. The second kappa shape index (κ2) is 6.67. The molecule has 7 heteroatoms. The zero-order chi connectivity index (χ0) is 17.1. The fourth-order valence-corrected chi connectivity index (χ4v) is 2.68. The van der Waals surface area contributed by atoms with Gasteiger partial charge in [-0.1, -0.05) is 30.3 Å². The van der Waals surface area contributed by atoms with Gasteiger partial charge in [0.05, 0.1) is 6.20 Å². The average molecular weight is 325 g/mol. The zero-order valence-corrected chi connectivity index (χ0v) is 13.6. The minimum atomic E-state index is -0.409. The molecule has 0 radical (unpaired) electrons. The van der Waals surface area contributed by atoms with Gasteiger partial charge in [-0.2, -0.15) is 9.38 Å². The summed E-state index contributed by atoms with van der Waals surface area (Å²) in [6.45, 7) is 1.29. The number of pyridine rings is 1. The molecule has 2 heterocycles. The van der Waals surface area contributed by atoms with E-state index in [0.717, 1.165) is 12.1 Å². The minimum Gasteiger partial charge on any atom is -0.359 e.